The normalized spacial score (nSPS) is 19.2. The molecule has 2 rings (SSSR count). The third kappa shape index (κ3) is 8.13. The van der Waals surface area contributed by atoms with Crippen molar-refractivity contribution in [3.8, 4) is 0 Å². The number of carboxylic acid groups (broad SMARTS) is 1. The van der Waals surface area contributed by atoms with Gasteiger partial charge in [-0.25, -0.2) is 0 Å². The van der Waals surface area contributed by atoms with Crippen molar-refractivity contribution in [2.75, 3.05) is 6.54 Å². The molecule has 1 aromatic heterocycles. The molecule has 1 unspecified atom stereocenters. The summed E-state index contributed by atoms with van der Waals surface area (Å²) in [6, 6.07) is 6.04. The summed E-state index contributed by atoms with van der Waals surface area (Å²) in [5, 5.41) is 19.3. The molecule has 1 saturated heterocycles. The fourth-order valence-corrected chi connectivity index (χ4v) is 4.37. The van der Waals surface area contributed by atoms with Crippen LogP contribution < -0.4 is 0 Å². The Bertz CT molecular complexity index is 664. The maximum atomic E-state index is 12.5. The standard InChI is InChI=1S/C23H36N2O4/c1-17(15-20(26)16-19-10-7-9-18(2)24-19)21-11-8-12-22(27)25(21)14-6-4-3-5-13-23(28)29/h7,9-10,17,20-21,26H,3-6,8,11-16H2,1-2H3,(H,28,29)/t17-,20?,21+/m0/s1. The topological polar surface area (TPSA) is 90.7 Å². The first-order valence-corrected chi connectivity index (χ1v) is 11.0. The molecule has 6 heteroatoms. The number of carbonyl (C=O) groups excluding carboxylic acids is 1. The molecule has 6 nitrogen and oxygen atoms in total. The maximum absolute atomic E-state index is 12.5. The van der Waals surface area contributed by atoms with E-state index in [1.54, 1.807) is 0 Å². The highest BCUT2D eigenvalue weighted by atomic mass is 16.4. The minimum absolute atomic E-state index is 0.176. The van der Waals surface area contributed by atoms with E-state index in [9.17, 15) is 14.7 Å². The molecule has 1 aliphatic heterocycles. The Morgan fingerprint density at radius 2 is 2.03 bits per heavy atom. The van der Waals surface area contributed by atoms with Gasteiger partial charge in [0.15, 0.2) is 0 Å². The highest BCUT2D eigenvalue weighted by Crippen LogP contribution is 2.28. The zero-order valence-electron chi connectivity index (χ0n) is 17.8. The molecule has 1 aromatic rings. The van der Waals surface area contributed by atoms with Crippen LogP contribution in [0.1, 0.15) is 76.1 Å². The predicted molar refractivity (Wildman–Crippen MR) is 113 cm³/mol. The number of aromatic nitrogens is 1. The Hall–Kier alpha value is -1.95. The Balaban J connectivity index is 1.82. The monoisotopic (exact) mass is 404 g/mol. The molecule has 2 N–H and O–H groups in total. The lowest BCUT2D eigenvalue weighted by molar-refractivity contribution is -0.138. The summed E-state index contributed by atoms with van der Waals surface area (Å²) in [6.45, 7) is 4.82. The number of aliphatic hydroxyl groups is 1. The average molecular weight is 405 g/mol. The lowest BCUT2D eigenvalue weighted by Crippen LogP contribution is -2.48. The number of nitrogens with zero attached hydrogens (tertiary/aromatic N) is 2. The van der Waals surface area contributed by atoms with Crippen molar-refractivity contribution in [3.05, 3.63) is 29.6 Å². The number of hydrogen-bond acceptors (Lipinski definition) is 4. The van der Waals surface area contributed by atoms with E-state index in [0.717, 1.165) is 50.0 Å². The van der Waals surface area contributed by atoms with Crippen molar-refractivity contribution in [1.82, 2.24) is 9.88 Å². The smallest absolute Gasteiger partial charge is 0.303 e. The van der Waals surface area contributed by atoms with E-state index in [-0.39, 0.29) is 24.3 Å². The quantitative estimate of drug-likeness (QED) is 0.518. The summed E-state index contributed by atoms with van der Waals surface area (Å²) in [4.78, 5) is 29.6. The number of piperidine rings is 1. The number of carboxylic acids is 1. The first-order valence-electron chi connectivity index (χ1n) is 11.0. The van der Waals surface area contributed by atoms with Gasteiger partial charge in [0, 0.05) is 43.2 Å². The van der Waals surface area contributed by atoms with Crippen LogP contribution in [0.15, 0.2) is 18.2 Å². The van der Waals surface area contributed by atoms with Gasteiger partial charge in [-0.1, -0.05) is 25.8 Å². The van der Waals surface area contributed by atoms with Crippen LogP contribution in [-0.2, 0) is 16.0 Å². The van der Waals surface area contributed by atoms with E-state index in [2.05, 4.69) is 11.9 Å². The van der Waals surface area contributed by atoms with Crippen LogP contribution in [0.3, 0.4) is 0 Å². The Morgan fingerprint density at radius 1 is 1.28 bits per heavy atom. The van der Waals surface area contributed by atoms with Crippen molar-refractivity contribution < 1.29 is 19.8 Å². The van der Waals surface area contributed by atoms with Crippen LogP contribution in [-0.4, -0.2) is 50.7 Å². The number of rotatable bonds is 12. The number of hydrogen-bond donors (Lipinski definition) is 2. The van der Waals surface area contributed by atoms with E-state index in [1.165, 1.54) is 0 Å². The summed E-state index contributed by atoms with van der Waals surface area (Å²) < 4.78 is 0. The number of unbranched alkanes of at least 4 members (excludes halogenated alkanes) is 3. The number of aryl methyl sites for hydroxylation is 1. The van der Waals surface area contributed by atoms with Gasteiger partial charge in [0.05, 0.1) is 6.10 Å². The zero-order chi connectivity index (χ0) is 21.2. The SMILES string of the molecule is Cc1cccc(CC(O)C[C@H](C)[C@H]2CCCC(=O)N2CCCCCCC(=O)O)n1. The molecule has 1 amide bonds. The lowest BCUT2D eigenvalue weighted by Gasteiger charge is -2.40. The summed E-state index contributed by atoms with van der Waals surface area (Å²) in [7, 11) is 0. The number of likely N-dealkylation sites (tertiary alicyclic amines) is 1. The first-order chi connectivity index (χ1) is 13.9. The van der Waals surface area contributed by atoms with E-state index < -0.39 is 12.1 Å². The van der Waals surface area contributed by atoms with Crippen molar-refractivity contribution in [2.24, 2.45) is 5.92 Å². The van der Waals surface area contributed by atoms with Gasteiger partial charge in [-0.2, -0.15) is 0 Å². The molecular formula is C23H36N2O4. The summed E-state index contributed by atoms with van der Waals surface area (Å²) in [5.74, 6) is -0.302. The molecule has 0 spiro atoms. The summed E-state index contributed by atoms with van der Waals surface area (Å²) in [6.07, 6.45) is 6.89. The van der Waals surface area contributed by atoms with Gasteiger partial charge in [-0.3, -0.25) is 14.6 Å². The van der Waals surface area contributed by atoms with Crippen molar-refractivity contribution in [2.45, 2.75) is 90.2 Å². The molecule has 0 radical (unpaired) electrons. The van der Waals surface area contributed by atoms with Crippen LogP contribution in [0.25, 0.3) is 0 Å². The first kappa shape index (κ1) is 23.3. The molecule has 2 heterocycles. The van der Waals surface area contributed by atoms with Gasteiger partial charge in [0.25, 0.3) is 0 Å². The third-order valence-electron chi connectivity index (χ3n) is 5.84. The minimum Gasteiger partial charge on any atom is -0.481 e. The van der Waals surface area contributed by atoms with Crippen LogP contribution >= 0.6 is 0 Å². The number of amides is 1. The van der Waals surface area contributed by atoms with E-state index in [0.29, 0.717) is 25.7 Å². The molecule has 162 valence electrons. The van der Waals surface area contributed by atoms with Gasteiger partial charge in [0.1, 0.15) is 0 Å². The van der Waals surface area contributed by atoms with Crippen LogP contribution in [0.2, 0.25) is 0 Å². The average Bonchev–Trinajstić information content (AvgIpc) is 2.65. The minimum atomic E-state index is -0.746. The molecule has 29 heavy (non-hydrogen) atoms. The maximum Gasteiger partial charge on any atom is 0.303 e. The molecule has 0 bridgehead atoms. The van der Waals surface area contributed by atoms with Crippen molar-refractivity contribution in [3.63, 3.8) is 0 Å². The number of pyridine rings is 1. The molecule has 3 atom stereocenters. The van der Waals surface area contributed by atoms with Crippen LogP contribution in [0, 0.1) is 12.8 Å². The van der Waals surface area contributed by atoms with Gasteiger partial charge in [0.2, 0.25) is 5.91 Å². The van der Waals surface area contributed by atoms with E-state index in [1.807, 2.05) is 30.0 Å². The van der Waals surface area contributed by atoms with Crippen molar-refractivity contribution >= 4 is 11.9 Å². The summed E-state index contributed by atoms with van der Waals surface area (Å²) >= 11 is 0. The van der Waals surface area contributed by atoms with Crippen LogP contribution in [0.5, 0.6) is 0 Å². The molecule has 0 saturated carbocycles. The van der Waals surface area contributed by atoms with E-state index in [4.69, 9.17) is 5.11 Å². The number of aliphatic carboxylic acids is 1. The number of aliphatic hydroxyl groups excluding tert-OH is 1. The van der Waals surface area contributed by atoms with Gasteiger partial charge in [-0.15, -0.1) is 0 Å². The highest BCUT2D eigenvalue weighted by molar-refractivity contribution is 5.77. The molecule has 0 aliphatic carbocycles. The second-order valence-corrected chi connectivity index (χ2v) is 8.45. The Morgan fingerprint density at radius 3 is 2.76 bits per heavy atom. The predicted octanol–water partition coefficient (Wildman–Crippen LogP) is 3.74. The second-order valence-electron chi connectivity index (χ2n) is 8.45. The fraction of sp³-hybridized carbons (Fsp3) is 0.696. The van der Waals surface area contributed by atoms with E-state index >= 15 is 0 Å². The fourth-order valence-electron chi connectivity index (χ4n) is 4.37. The molecule has 1 aliphatic rings. The zero-order valence-corrected chi connectivity index (χ0v) is 17.8. The second kappa shape index (κ2) is 11.9. The largest absolute Gasteiger partial charge is 0.481 e. The van der Waals surface area contributed by atoms with Gasteiger partial charge < -0.3 is 15.1 Å². The summed E-state index contributed by atoms with van der Waals surface area (Å²) in [5.41, 5.74) is 1.86. The number of carbonyl (C=O) groups is 2. The van der Waals surface area contributed by atoms with Crippen LogP contribution in [0.4, 0.5) is 0 Å². The van der Waals surface area contributed by atoms with Gasteiger partial charge in [-0.05, 0) is 57.1 Å². The molecular weight excluding hydrogens is 368 g/mol. The Labute approximate surface area is 174 Å². The Kier molecular flexibility index (Phi) is 9.58. The third-order valence-corrected chi connectivity index (χ3v) is 5.84. The molecule has 1 fully saturated rings. The van der Waals surface area contributed by atoms with Gasteiger partial charge >= 0.3 is 5.97 Å². The van der Waals surface area contributed by atoms with Crippen molar-refractivity contribution in [1.29, 1.82) is 0 Å². The lowest BCUT2D eigenvalue weighted by atomic mass is 9.86. The highest BCUT2D eigenvalue weighted by Gasteiger charge is 2.32. The molecule has 0 aromatic carbocycles.